The second kappa shape index (κ2) is 9.84. The molecule has 158 valence electrons. The number of halogens is 2. The average molecular weight is 474 g/mol. The number of hydrogen-bond donors (Lipinski definition) is 1. The first-order valence-electron chi connectivity index (χ1n) is 9.10. The summed E-state index contributed by atoms with van der Waals surface area (Å²) in [5.41, 5.74) is 1.42. The number of sulfonamides is 1. The van der Waals surface area contributed by atoms with E-state index in [0.29, 0.717) is 10.7 Å². The molecule has 1 N–H and O–H groups in total. The van der Waals surface area contributed by atoms with Crippen LogP contribution in [0.3, 0.4) is 0 Å². The maximum atomic E-state index is 13.3. The van der Waals surface area contributed by atoms with Gasteiger partial charge in [-0.15, -0.1) is 0 Å². The molecule has 0 atom stereocenters. The molecule has 0 aliphatic rings. The monoisotopic (exact) mass is 473 g/mol. The van der Waals surface area contributed by atoms with E-state index >= 15 is 0 Å². The number of carbonyl (C=O) groups is 1. The first-order chi connectivity index (χ1) is 14.8. The molecule has 9 heteroatoms. The molecule has 0 aliphatic carbocycles. The van der Waals surface area contributed by atoms with E-state index in [1.165, 1.54) is 30.3 Å². The lowest BCUT2D eigenvalue weighted by molar-refractivity contribution is -0.114. The number of anilines is 2. The van der Waals surface area contributed by atoms with Gasteiger partial charge < -0.3 is 5.32 Å². The highest BCUT2D eigenvalue weighted by molar-refractivity contribution is 7.92. The van der Waals surface area contributed by atoms with Crippen molar-refractivity contribution in [3.05, 3.63) is 88.4 Å². The van der Waals surface area contributed by atoms with Gasteiger partial charge in [0.15, 0.2) is 0 Å². The summed E-state index contributed by atoms with van der Waals surface area (Å²) >= 11 is 12.2. The van der Waals surface area contributed by atoms with Crippen LogP contribution in [-0.4, -0.2) is 20.9 Å². The lowest BCUT2D eigenvalue weighted by Gasteiger charge is -2.25. The van der Waals surface area contributed by atoms with Crippen LogP contribution in [0.2, 0.25) is 10.0 Å². The van der Waals surface area contributed by atoms with Crippen molar-refractivity contribution >= 4 is 50.5 Å². The quantitative estimate of drug-likeness (QED) is 0.528. The van der Waals surface area contributed by atoms with Crippen molar-refractivity contribution in [3.63, 3.8) is 0 Å². The molecule has 0 bridgehead atoms. The van der Waals surface area contributed by atoms with Gasteiger partial charge in [0.1, 0.15) is 6.54 Å². The standard InChI is InChI=1S/C22H17Cl2N3O3S/c23-17-8-11-21(20(24)14-17)27(31(29,30)19-4-2-1-3-5-19)15-22(28)26-18-9-6-16(7-10-18)12-13-25/h1-11,14H,12,15H2,(H,26,28). The van der Waals surface area contributed by atoms with Gasteiger partial charge in [0.2, 0.25) is 5.91 Å². The van der Waals surface area contributed by atoms with E-state index in [1.54, 1.807) is 42.5 Å². The summed E-state index contributed by atoms with van der Waals surface area (Å²) in [5.74, 6) is -0.557. The number of carbonyl (C=O) groups excluding carboxylic acids is 1. The van der Waals surface area contributed by atoms with Crippen LogP contribution in [0, 0.1) is 11.3 Å². The van der Waals surface area contributed by atoms with Gasteiger partial charge in [0.25, 0.3) is 10.0 Å². The Kier molecular flexibility index (Phi) is 7.18. The number of benzene rings is 3. The van der Waals surface area contributed by atoms with Crippen LogP contribution in [0.4, 0.5) is 11.4 Å². The van der Waals surface area contributed by atoms with Crippen LogP contribution in [-0.2, 0) is 21.2 Å². The molecule has 1 amide bonds. The summed E-state index contributed by atoms with van der Waals surface area (Å²) in [4.78, 5) is 12.7. The summed E-state index contributed by atoms with van der Waals surface area (Å²) in [5, 5.41) is 11.9. The van der Waals surface area contributed by atoms with E-state index in [4.69, 9.17) is 28.5 Å². The van der Waals surface area contributed by atoms with E-state index in [2.05, 4.69) is 5.32 Å². The first-order valence-corrected chi connectivity index (χ1v) is 11.3. The van der Waals surface area contributed by atoms with Crippen molar-refractivity contribution in [2.75, 3.05) is 16.2 Å². The fraction of sp³-hybridized carbons (Fsp3) is 0.0909. The van der Waals surface area contributed by atoms with Crippen LogP contribution in [0.15, 0.2) is 77.7 Å². The Morgan fingerprint density at radius 3 is 2.29 bits per heavy atom. The Hall–Kier alpha value is -3.05. The third kappa shape index (κ3) is 5.56. The summed E-state index contributed by atoms with van der Waals surface area (Å²) in [6.45, 7) is -0.501. The van der Waals surface area contributed by atoms with Gasteiger partial charge in [-0.1, -0.05) is 53.5 Å². The molecule has 0 unspecified atom stereocenters. The van der Waals surface area contributed by atoms with E-state index in [-0.39, 0.29) is 22.0 Å². The van der Waals surface area contributed by atoms with E-state index in [1.807, 2.05) is 6.07 Å². The predicted molar refractivity (Wildman–Crippen MR) is 122 cm³/mol. The summed E-state index contributed by atoms with van der Waals surface area (Å²) in [7, 11) is -4.08. The van der Waals surface area contributed by atoms with Crippen molar-refractivity contribution in [2.24, 2.45) is 0 Å². The van der Waals surface area contributed by atoms with Gasteiger partial charge in [-0.25, -0.2) is 8.42 Å². The minimum atomic E-state index is -4.08. The maximum Gasteiger partial charge on any atom is 0.264 e. The number of hydrogen-bond acceptors (Lipinski definition) is 4. The highest BCUT2D eigenvalue weighted by Gasteiger charge is 2.28. The Balaban J connectivity index is 1.91. The molecular weight excluding hydrogens is 457 g/mol. The smallest absolute Gasteiger partial charge is 0.264 e. The molecular formula is C22H17Cl2N3O3S. The van der Waals surface area contributed by atoms with E-state index in [9.17, 15) is 13.2 Å². The fourth-order valence-corrected chi connectivity index (χ4v) is 4.85. The molecule has 0 spiro atoms. The Bertz CT molecular complexity index is 1230. The Morgan fingerprint density at radius 1 is 1.00 bits per heavy atom. The molecule has 0 aromatic heterocycles. The predicted octanol–water partition coefficient (Wildman–Crippen LogP) is 4.89. The van der Waals surface area contributed by atoms with Crippen molar-refractivity contribution in [1.29, 1.82) is 5.26 Å². The summed E-state index contributed by atoms with van der Waals surface area (Å²) in [6.07, 6.45) is 0.256. The highest BCUT2D eigenvalue weighted by atomic mass is 35.5. The number of nitriles is 1. The van der Waals surface area contributed by atoms with Gasteiger partial charge in [0, 0.05) is 10.7 Å². The summed E-state index contributed by atoms with van der Waals surface area (Å²) in [6, 6.07) is 20.9. The largest absolute Gasteiger partial charge is 0.325 e. The van der Waals surface area contributed by atoms with Crippen molar-refractivity contribution < 1.29 is 13.2 Å². The molecule has 3 aromatic carbocycles. The lowest BCUT2D eigenvalue weighted by atomic mass is 10.1. The van der Waals surface area contributed by atoms with Crippen LogP contribution in [0.5, 0.6) is 0 Å². The van der Waals surface area contributed by atoms with Gasteiger partial charge in [-0.05, 0) is 48.0 Å². The zero-order chi connectivity index (χ0) is 22.4. The molecule has 3 aromatic rings. The molecule has 31 heavy (non-hydrogen) atoms. The summed E-state index contributed by atoms with van der Waals surface area (Å²) < 4.78 is 27.5. The zero-order valence-corrected chi connectivity index (χ0v) is 18.5. The number of nitrogens with zero attached hydrogens (tertiary/aromatic N) is 2. The number of amides is 1. The van der Waals surface area contributed by atoms with Crippen molar-refractivity contribution in [2.45, 2.75) is 11.3 Å². The van der Waals surface area contributed by atoms with Crippen LogP contribution >= 0.6 is 23.2 Å². The topological polar surface area (TPSA) is 90.3 Å². The van der Waals surface area contributed by atoms with Gasteiger partial charge in [0.05, 0.1) is 28.1 Å². The highest BCUT2D eigenvalue weighted by Crippen LogP contribution is 2.32. The third-order valence-electron chi connectivity index (χ3n) is 4.32. The van der Waals surface area contributed by atoms with Gasteiger partial charge in [-0.2, -0.15) is 5.26 Å². The minimum absolute atomic E-state index is 0.0228. The Morgan fingerprint density at radius 2 is 1.68 bits per heavy atom. The second-order valence-corrected chi connectivity index (χ2v) is 9.21. The SMILES string of the molecule is N#CCc1ccc(NC(=O)CN(c2ccc(Cl)cc2Cl)S(=O)(=O)c2ccccc2)cc1. The molecule has 3 rings (SSSR count). The molecule has 0 radical (unpaired) electrons. The van der Waals surface area contributed by atoms with Crippen molar-refractivity contribution in [3.8, 4) is 6.07 Å². The van der Waals surface area contributed by atoms with E-state index < -0.39 is 22.5 Å². The Labute approximate surface area is 190 Å². The molecule has 6 nitrogen and oxygen atoms in total. The van der Waals surface area contributed by atoms with E-state index in [0.717, 1.165) is 9.87 Å². The maximum absolute atomic E-state index is 13.3. The average Bonchev–Trinajstić information content (AvgIpc) is 2.75. The third-order valence-corrected chi connectivity index (χ3v) is 6.63. The van der Waals surface area contributed by atoms with Gasteiger partial charge in [-0.3, -0.25) is 9.10 Å². The lowest BCUT2D eigenvalue weighted by Crippen LogP contribution is -2.38. The molecule has 0 fully saturated rings. The fourth-order valence-electron chi connectivity index (χ4n) is 2.83. The van der Waals surface area contributed by atoms with Crippen LogP contribution in [0.25, 0.3) is 0 Å². The molecule has 0 heterocycles. The number of rotatable bonds is 7. The normalized spacial score (nSPS) is 10.9. The minimum Gasteiger partial charge on any atom is -0.325 e. The van der Waals surface area contributed by atoms with Gasteiger partial charge >= 0.3 is 0 Å². The van der Waals surface area contributed by atoms with Crippen LogP contribution in [0.1, 0.15) is 5.56 Å². The molecule has 0 aliphatic heterocycles. The van der Waals surface area contributed by atoms with Crippen molar-refractivity contribution in [1.82, 2.24) is 0 Å². The van der Waals surface area contributed by atoms with Crippen LogP contribution < -0.4 is 9.62 Å². The zero-order valence-electron chi connectivity index (χ0n) is 16.1. The number of nitrogens with one attached hydrogen (secondary N) is 1. The molecule has 0 saturated carbocycles. The molecule has 0 saturated heterocycles. The second-order valence-electron chi connectivity index (χ2n) is 6.50. The first kappa shape index (κ1) is 22.6.